The number of aromatic nitrogens is 4. The van der Waals surface area contributed by atoms with Gasteiger partial charge in [-0.3, -0.25) is 4.68 Å². The van der Waals surface area contributed by atoms with Crippen LogP contribution in [-0.4, -0.2) is 42.3 Å². The Bertz CT molecular complexity index is 691. The number of fused-ring (bicyclic) bond motifs is 1. The lowest BCUT2D eigenvalue weighted by molar-refractivity contribution is -0.148. The Morgan fingerprint density at radius 1 is 1.36 bits per heavy atom. The molecule has 1 saturated heterocycles. The highest BCUT2D eigenvalue weighted by Gasteiger charge is 2.53. The first-order valence-corrected chi connectivity index (χ1v) is 8.47. The molecule has 2 aromatic heterocycles. The number of carboxylic acids is 1. The molecular weight excluding hydrogens is 300 g/mol. The van der Waals surface area contributed by atoms with E-state index in [1.807, 2.05) is 18.0 Å². The maximum atomic E-state index is 12.0. The summed E-state index contributed by atoms with van der Waals surface area (Å²) in [5, 5.41) is 14.2. The molecule has 3 atom stereocenters. The fraction of sp³-hybridized carbons (Fsp3) is 0.467. The van der Waals surface area contributed by atoms with Gasteiger partial charge in [-0.25, -0.2) is 14.8 Å². The molecule has 0 radical (unpaired) electrons. The lowest BCUT2D eigenvalue weighted by atomic mass is 9.96. The lowest BCUT2D eigenvalue weighted by Crippen LogP contribution is -2.40. The zero-order chi connectivity index (χ0) is 15.2. The Balaban J connectivity index is 1.70. The summed E-state index contributed by atoms with van der Waals surface area (Å²) in [4.78, 5) is 20.1. The van der Waals surface area contributed by atoms with Crippen molar-refractivity contribution in [1.82, 2.24) is 19.7 Å². The monoisotopic (exact) mass is 316 g/mol. The van der Waals surface area contributed by atoms with E-state index in [0.29, 0.717) is 24.7 Å². The molecule has 114 valence electrons. The summed E-state index contributed by atoms with van der Waals surface area (Å²) in [5.74, 6) is 2.35. The summed E-state index contributed by atoms with van der Waals surface area (Å²) >= 11 is 1.94. The van der Waals surface area contributed by atoms with Crippen LogP contribution in [0.25, 0.3) is 11.3 Å². The van der Waals surface area contributed by atoms with E-state index < -0.39 is 11.5 Å². The van der Waals surface area contributed by atoms with Crippen molar-refractivity contribution in [2.24, 2.45) is 11.8 Å². The van der Waals surface area contributed by atoms with Crippen molar-refractivity contribution in [1.29, 1.82) is 0 Å². The van der Waals surface area contributed by atoms with Gasteiger partial charge < -0.3 is 5.11 Å². The first-order valence-electron chi connectivity index (χ1n) is 7.32. The van der Waals surface area contributed by atoms with Crippen molar-refractivity contribution in [3.8, 4) is 11.3 Å². The van der Waals surface area contributed by atoms with Crippen LogP contribution in [0.1, 0.15) is 12.8 Å². The fourth-order valence-corrected chi connectivity index (χ4v) is 5.18. The van der Waals surface area contributed by atoms with Crippen LogP contribution in [0.3, 0.4) is 0 Å². The van der Waals surface area contributed by atoms with E-state index in [1.165, 1.54) is 6.33 Å². The van der Waals surface area contributed by atoms with Crippen LogP contribution in [0.5, 0.6) is 0 Å². The maximum absolute atomic E-state index is 12.0. The summed E-state index contributed by atoms with van der Waals surface area (Å²) in [6.07, 6.45) is 8.00. The molecule has 2 aromatic rings. The number of hydrogen-bond acceptors (Lipinski definition) is 5. The van der Waals surface area contributed by atoms with Gasteiger partial charge in [0.2, 0.25) is 0 Å². The van der Waals surface area contributed by atoms with Crippen molar-refractivity contribution >= 4 is 17.7 Å². The number of carbonyl (C=O) groups is 1. The average Bonchev–Trinajstić information content (AvgIpc) is 3.22. The largest absolute Gasteiger partial charge is 0.479 e. The Morgan fingerprint density at radius 3 is 2.77 bits per heavy atom. The van der Waals surface area contributed by atoms with Gasteiger partial charge in [-0.15, -0.1) is 0 Å². The highest BCUT2D eigenvalue weighted by Crippen LogP contribution is 2.50. The minimum absolute atomic E-state index is 0.493. The molecule has 2 aliphatic rings. The third kappa shape index (κ3) is 2.03. The topological polar surface area (TPSA) is 80.9 Å². The molecule has 0 amide bonds. The van der Waals surface area contributed by atoms with Crippen LogP contribution in [-0.2, 0) is 10.3 Å². The van der Waals surface area contributed by atoms with E-state index in [2.05, 4.69) is 15.1 Å². The second kappa shape index (κ2) is 5.08. The second-order valence-electron chi connectivity index (χ2n) is 6.07. The van der Waals surface area contributed by atoms with Crippen LogP contribution in [0, 0.1) is 11.8 Å². The van der Waals surface area contributed by atoms with Crippen molar-refractivity contribution in [3.05, 3.63) is 31.0 Å². The quantitative estimate of drug-likeness (QED) is 0.931. The van der Waals surface area contributed by atoms with E-state index in [-0.39, 0.29) is 0 Å². The second-order valence-corrected chi connectivity index (χ2v) is 7.15. The first-order chi connectivity index (χ1) is 10.7. The van der Waals surface area contributed by atoms with Crippen LogP contribution < -0.4 is 0 Å². The molecule has 0 aromatic carbocycles. The summed E-state index contributed by atoms with van der Waals surface area (Å²) in [7, 11) is 0. The van der Waals surface area contributed by atoms with Gasteiger partial charge in [0.1, 0.15) is 6.33 Å². The highest BCUT2D eigenvalue weighted by molar-refractivity contribution is 7.99. The summed E-state index contributed by atoms with van der Waals surface area (Å²) in [6, 6.07) is 1.80. The molecule has 1 aliphatic heterocycles. The van der Waals surface area contributed by atoms with Crippen molar-refractivity contribution < 1.29 is 9.90 Å². The predicted molar refractivity (Wildman–Crippen MR) is 82.4 cm³/mol. The van der Waals surface area contributed by atoms with Gasteiger partial charge in [0, 0.05) is 18.0 Å². The molecule has 1 aliphatic carbocycles. The van der Waals surface area contributed by atoms with Crippen molar-refractivity contribution in [3.63, 3.8) is 0 Å². The van der Waals surface area contributed by atoms with Gasteiger partial charge in [-0.1, -0.05) is 0 Å². The molecule has 6 nitrogen and oxygen atoms in total. The number of aliphatic carboxylic acids is 1. The minimum Gasteiger partial charge on any atom is -0.479 e. The molecular formula is C15H16N4O2S. The Labute approximate surface area is 132 Å². The predicted octanol–water partition coefficient (Wildman–Crippen LogP) is 1.89. The normalized spacial score (nSPS) is 30.4. The minimum atomic E-state index is -0.901. The molecule has 3 heterocycles. The van der Waals surface area contributed by atoms with Gasteiger partial charge >= 0.3 is 5.97 Å². The zero-order valence-corrected chi connectivity index (χ0v) is 12.7. The van der Waals surface area contributed by atoms with Crippen LogP contribution in [0.2, 0.25) is 0 Å². The number of carboxylic acid groups (broad SMARTS) is 1. The third-order valence-corrected chi connectivity index (χ3v) is 6.15. The van der Waals surface area contributed by atoms with Gasteiger partial charge in [-0.05, 0) is 42.2 Å². The fourth-order valence-electron chi connectivity index (χ4n) is 3.66. The first kappa shape index (κ1) is 13.8. The maximum Gasteiger partial charge on any atom is 0.331 e. The molecule has 22 heavy (non-hydrogen) atoms. The van der Waals surface area contributed by atoms with Gasteiger partial charge in [0.15, 0.2) is 5.54 Å². The van der Waals surface area contributed by atoms with Gasteiger partial charge in [0.25, 0.3) is 0 Å². The summed E-state index contributed by atoms with van der Waals surface area (Å²) < 4.78 is 1.65. The highest BCUT2D eigenvalue weighted by atomic mass is 32.2. The molecule has 1 N–H and O–H groups in total. The van der Waals surface area contributed by atoms with E-state index in [9.17, 15) is 9.90 Å². The molecule has 1 saturated carbocycles. The molecule has 2 fully saturated rings. The molecule has 0 bridgehead atoms. The standard InChI is InChI=1S/C15H16N4O2S/c20-14(21)15(3-10-7-22-8-11(10)4-15)19-6-12(5-18-19)13-1-2-16-9-17-13/h1-2,5-6,9-11H,3-4,7-8H2,(H,20,21)/t10-,11+,15?. The van der Waals surface area contributed by atoms with E-state index >= 15 is 0 Å². The number of hydrogen-bond donors (Lipinski definition) is 1. The number of thioether (sulfide) groups is 1. The smallest absolute Gasteiger partial charge is 0.331 e. The number of rotatable bonds is 3. The van der Waals surface area contributed by atoms with E-state index in [4.69, 9.17) is 0 Å². The van der Waals surface area contributed by atoms with Crippen LogP contribution in [0.15, 0.2) is 31.0 Å². The van der Waals surface area contributed by atoms with E-state index in [1.54, 1.807) is 23.1 Å². The summed E-state index contributed by atoms with van der Waals surface area (Å²) in [6.45, 7) is 0. The molecule has 4 rings (SSSR count). The van der Waals surface area contributed by atoms with Gasteiger partial charge in [-0.2, -0.15) is 16.9 Å². The van der Waals surface area contributed by atoms with Crippen LogP contribution in [0.4, 0.5) is 0 Å². The molecule has 7 heteroatoms. The molecule has 1 unspecified atom stereocenters. The Hall–Kier alpha value is -1.89. The van der Waals surface area contributed by atoms with Crippen molar-refractivity contribution in [2.45, 2.75) is 18.4 Å². The Morgan fingerprint density at radius 2 is 2.14 bits per heavy atom. The lowest BCUT2D eigenvalue weighted by Gasteiger charge is -2.25. The van der Waals surface area contributed by atoms with Gasteiger partial charge in [0.05, 0.1) is 11.9 Å². The average molecular weight is 316 g/mol. The SMILES string of the molecule is O=C(O)C1(n2cc(-c3ccncn3)cn2)C[C@H]2CSC[C@H]2C1. The zero-order valence-electron chi connectivity index (χ0n) is 11.9. The third-order valence-electron chi connectivity index (χ3n) is 4.83. The summed E-state index contributed by atoms with van der Waals surface area (Å²) in [5.41, 5.74) is 0.687. The van der Waals surface area contributed by atoms with Crippen LogP contribution >= 0.6 is 11.8 Å². The van der Waals surface area contributed by atoms with E-state index in [0.717, 1.165) is 22.8 Å². The number of nitrogens with zero attached hydrogens (tertiary/aromatic N) is 4. The molecule has 0 spiro atoms. The van der Waals surface area contributed by atoms with Crippen molar-refractivity contribution in [2.75, 3.05) is 11.5 Å². The Kier molecular flexibility index (Phi) is 3.18.